The van der Waals surface area contributed by atoms with Gasteiger partial charge in [0, 0.05) is 30.0 Å². The summed E-state index contributed by atoms with van der Waals surface area (Å²) in [5.41, 5.74) is 1.27. The van der Waals surface area contributed by atoms with Crippen molar-refractivity contribution in [3.63, 3.8) is 0 Å². The van der Waals surface area contributed by atoms with Gasteiger partial charge in [0.1, 0.15) is 0 Å². The summed E-state index contributed by atoms with van der Waals surface area (Å²) in [6, 6.07) is 10.5. The molecular formula is C15H17ClN4. The van der Waals surface area contributed by atoms with Gasteiger partial charge in [-0.3, -0.25) is 4.90 Å². The average molecular weight is 289 g/mol. The van der Waals surface area contributed by atoms with Crippen LogP contribution in [0.3, 0.4) is 0 Å². The first-order chi connectivity index (χ1) is 9.74. The quantitative estimate of drug-likeness (QED) is 0.943. The van der Waals surface area contributed by atoms with Crippen molar-refractivity contribution in [2.75, 3.05) is 18.9 Å². The maximum absolute atomic E-state index is 5.97. The Labute approximate surface area is 123 Å². The summed E-state index contributed by atoms with van der Waals surface area (Å²) in [5, 5.41) is 4.21. The van der Waals surface area contributed by atoms with E-state index in [-0.39, 0.29) is 0 Å². The van der Waals surface area contributed by atoms with E-state index in [1.54, 1.807) is 12.4 Å². The van der Waals surface area contributed by atoms with Crippen LogP contribution in [-0.2, 0) is 0 Å². The van der Waals surface area contributed by atoms with Gasteiger partial charge in [0.25, 0.3) is 0 Å². The number of likely N-dealkylation sites (tertiary alicyclic amines) is 1. The summed E-state index contributed by atoms with van der Waals surface area (Å²) in [7, 11) is 2.15. The fourth-order valence-corrected chi connectivity index (χ4v) is 2.91. The number of likely N-dealkylation sites (N-methyl/N-ethyl adjacent to an activating group) is 1. The minimum atomic E-state index is 0.309. The maximum Gasteiger partial charge on any atom is 0.222 e. The lowest BCUT2D eigenvalue weighted by atomic mass is 10.0. The van der Waals surface area contributed by atoms with E-state index >= 15 is 0 Å². The van der Waals surface area contributed by atoms with Crippen LogP contribution in [0.15, 0.2) is 42.7 Å². The van der Waals surface area contributed by atoms with Crippen molar-refractivity contribution >= 4 is 17.5 Å². The second kappa shape index (κ2) is 5.77. The molecule has 3 rings (SSSR count). The summed E-state index contributed by atoms with van der Waals surface area (Å²) >= 11 is 5.97. The molecule has 4 nitrogen and oxygen atoms in total. The fraction of sp³-hybridized carbons (Fsp3) is 0.333. The Morgan fingerprint density at radius 2 is 1.90 bits per heavy atom. The van der Waals surface area contributed by atoms with Gasteiger partial charge in [-0.1, -0.05) is 23.7 Å². The highest BCUT2D eigenvalue weighted by Gasteiger charge is 2.33. The Hall–Kier alpha value is -1.65. The fourth-order valence-electron chi connectivity index (χ4n) is 2.78. The van der Waals surface area contributed by atoms with Crippen LogP contribution < -0.4 is 5.32 Å². The van der Waals surface area contributed by atoms with Crippen LogP contribution in [0, 0.1) is 0 Å². The van der Waals surface area contributed by atoms with Crippen LogP contribution in [-0.4, -0.2) is 34.5 Å². The molecule has 104 valence electrons. The van der Waals surface area contributed by atoms with Crippen molar-refractivity contribution in [1.82, 2.24) is 14.9 Å². The van der Waals surface area contributed by atoms with Crippen molar-refractivity contribution in [3.05, 3.63) is 53.3 Å². The molecule has 0 bridgehead atoms. The summed E-state index contributed by atoms with van der Waals surface area (Å²) in [5.74, 6) is 0.687. The lowest BCUT2D eigenvalue weighted by Crippen LogP contribution is -2.29. The highest BCUT2D eigenvalue weighted by molar-refractivity contribution is 6.30. The monoisotopic (exact) mass is 288 g/mol. The van der Waals surface area contributed by atoms with Crippen LogP contribution in [0.25, 0.3) is 0 Å². The number of anilines is 1. The summed E-state index contributed by atoms with van der Waals surface area (Å²) in [6.45, 7) is 1.05. The van der Waals surface area contributed by atoms with Gasteiger partial charge in [-0.2, -0.15) is 0 Å². The summed E-state index contributed by atoms with van der Waals surface area (Å²) in [4.78, 5) is 10.8. The summed E-state index contributed by atoms with van der Waals surface area (Å²) < 4.78 is 0. The molecule has 0 aliphatic carbocycles. The molecule has 1 aromatic carbocycles. The highest BCUT2D eigenvalue weighted by atomic mass is 35.5. The lowest BCUT2D eigenvalue weighted by Gasteiger charge is -2.26. The number of rotatable bonds is 3. The molecule has 0 spiro atoms. The Bertz CT molecular complexity index is 558. The van der Waals surface area contributed by atoms with E-state index in [0.29, 0.717) is 18.0 Å². The Morgan fingerprint density at radius 3 is 2.60 bits per heavy atom. The smallest absolute Gasteiger partial charge is 0.222 e. The number of aromatic nitrogens is 2. The minimum absolute atomic E-state index is 0.309. The van der Waals surface area contributed by atoms with Crippen LogP contribution in [0.5, 0.6) is 0 Å². The second-order valence-electron chi connectivity index (χ2n) is 5.09. The third-order valence-corrected chi connectivity index (χ3v) is 3.99. The van der Waals surface area contributed by atoms with E-state index < -0.39 is 0 Å². The molecule has 20 heavy (non-hydrogen) atoms. The number of hydrogen-bond acceptors (Lipinski definition) is 4. The predicted molar refractivity (Wildman–Crippen MR) is 80.9 cm³/mol. The molecule has 2 aromatic rings. The van der Waals surface area contributed by atoms with Gasteiger partial charge in [-0.25, -0.2) is 9.97 Å². The zero-order valence-corrected chi connectivity index (χ0v) is 12.1. The van der Waals surface area contributed by atoms with E-state index in [1.165, 1.54) is 5.56 Å². The van der Waals surface area contributed by atoms with Gasteiger partial charge in [-0.15, -0.1) is 0 Å². The molecule has 1 aliphatic rings. The largest absolute Gasteiger partial charge is 0.350 e. The molecule has 0 amide bonds. The van der Waals surface area contributed by atoms with Gasteiger partial charge in [0.15, 0.2) is 0 Å². The van der Waals surface area contributed by atoms with Gasteiger partial charge in [-0.05, 0) is 37.2 Å². The minimum Gasteiger partial charge on any atom is -0.350 e. The molecule has 1 saturated heterocycles. The van der Waals surface area contributed by atoms with Crippen molar-refractivity contribution < 1.29 is 0 Å². The first kappa shape index (κ1) is 13.3. The number of halogens is 1. The van der Waals surface area contributed by atoms with Crippen LogP contribution in [0.1, 0.15) is 18.0 Å². The van der Waals surface area contributed by atoms with Crippen molar-refractivity contribution in [3.8, 4) is 0 Å². The zero-order valence-electron chi connectivity index (χ0n) is 11.3. The molecule has 1 aliphatic heterocycles. The van der Waals surface area contributed by atoms with Gasteiger partial charge in [0.2, 0.25) is 5.95 Å². The Balaban J connectivity index is 1.81. The van der Waals surface area contributed by atoms with E-state index in [2.05, 4.69) is 39.4 Å². The van der Waals surface area contributed by atoms with Crippen LogP contribution >= 0.6 is 11.6 Å². The SMILES string of the molecule is CN1CCC(Nc2ncccn2)C1c1ccc(Cl)cc1. The van der Waals surface area contributed by atoms with Crippen LogP contribution in [0.2, 0.25) is 5.02 Å². The van der Waals surface area contributed by atoms with Gasteiger partial charge < -0.3 is 5.32 Å². The molecule has 1 aromatic heterocycles. The Morgan fingerprint density at radius 1 is 1.20 bits per heavy atom. The molecule has 1 fully saturated rings. The molecule has 2 atom stereocenters. The van der Waals surface area contributed by atoms with Crippen molar-refractivity contribution in [2.45, 2.75) is 18.5 Å². The van der Waals surface area contributed by atoms with Crippen molar-refractivity contribution in [2.24, 2.45) is 0 Å². The molecule has 2 heterocycles. The average Bonchev–Trinajstić information content (AvgIpc) is 2.82. The third-order valence-electron chi connectivity index (χ3n) is 3.74. The molecule has 5 heteroatoms. The standard InChI is InChI=1S/C15H17ClN4/c1-20-10-7-13(19-15-17-8-2-9-18-15)14(20)11-3-5-12(16)6-4-11/h2-6,8-9,13-14H,7,10H2,1H3,(H,17,18,19). The molecule has 2 unspecified atom stereocenters. The van der Waals surface area contributed by atoms with E-state index in [1.807, 2.05) is 18.2 Å². The number of nitrogens with one attached hydrogen (secondary N) is 1. The zero-order chi connectivity index (χ0) is 13.9. The normalized spacial score (nSPS) is 22.9. The summed E-state index contributed by atoms with van der Waals surface area (Å²) in [6.07, 6.45) is 4.58. The topological polar surface area (TPSA) is 41.0 Å². The number of nitrogens with zero attached hydrogens (tertiary/aromatic N) is 3. The highest BCUT2D eigenvalue weighted by Crippen LogP contribution is 2.32. The van der Waals surface area contributed by atoms with E-state index in [0.717, 1.165) is 18.0 Å². The first-order valence-corrected chi connectivity index (χ1v) is 7.11. The molecule has 0 saturated carbocycles. The maximum atomic E-state index is 5.97. The molecule has 1 N–H and O–H groups in total. The number of hydrogen-bond donors (Lipinski definition) is 1. The predicted octanol–water partition coefficient (Wildman–Crippen LogP) is 2.99. The molecular weight excluding hydrogens is 272 g/mol. The third kappa shape index (κ3) is 2.76. The molecule has 0 radical (unpaired) electrons. The van der Waals surface area contributed by atoms with Gasteiger partial charge in [0.05, 0.1) is 6.04 Å². The number of benzene rings is 1. The lowest BCUT2D eigenvalue weighted by molar-refractivity contribution is 0.309. The van der Waals surface area contributed by atoms with Crippen molar-refractivity contribution in [1.29, 1.82) is 0 Å². The Kier molecular flexibility index (Phi) is 3.85. The van der Waals surface area contributed by atoms with Gasteiger partial charge >= 0.3 is 0 Å². The van der Waals surface area contributed by atoms with Crippen LogP contribution in [0.4, 0.5) is 5.95 Å². The second-order valence-corrected chi connectivity index (χ2v) is 5.53. The van der Waals surface area contributed by atoms with E-state index in [9.17, 15) is 0 Å². The first-order valence-electron chi connectivity index (χ1n) is 6.73. The van der Waals surface area contributed by atoms with E-state index in [4.69, 9.17) is 11.6 Å².